The Balaban J connectivity index is 3.49. The van der Waals surface area contributed by atoms with E-state index in [0.717, 1.165) is 6.42 Å². The Morgan fingerprint density at radius 3 is 2.57 bits per heavy atom. The molecule has 0 atom stereocenters. The van der Waals surface area contributed by atoms with Gasteiger partial charge in [-0.1, -0.05) is 6.92 Å². The maximum absolute atomic E-state index is 9.62. The van der Waals surface area contributed by atoms with E-state index < -0.39 is 0 Å². The van der Waals surface area contributed by atoms with Crippen LogP contribution in [-0.2, 0) is 4.79 Å². The quantitative estimate of drug-likeness (QED) is 0.403. The van der Waals surface area contributed by atoms with Crippen LogP contribution in [0.4, 0.5) is 0 Å². The Kier molecular flexibility index (Phi) is 3.02. The Labute approximate surface area is 43.0 Å². The predicted molar refractivity (Wildman–Crippen MR) is 28.6 cm³/mol. The third-order valence-electron chi connectivity index (χ3n) is 0.690. The summed E-state index contributed by atoms with van der Waals surface area (Å²) >= 11 is 0. The highest BCUT2D eigenvalue weighted by molar-refractivity contribution is 5.65. The second-order valence-electron chi connectivity index (χ2n) is 1.23. The van der Waals surface area contributed by atoms with Gasteiger partial charge in [-0.25, -0.2) is 0 Å². The first-order valence-corrected chi connectivity index (χ1v) is 2.21. The van der Waals surface area contributed by atoms with Gasteiger partial charge in [0.25, 0.3) is 0 Å². The molecule has 2 N–H and O–H groups in total. The van der Waals surface area contributed by atoms with Gasteiger partial charge < -0.3 is 5.73 Å². The van der Waals surface area contributed by atoms with E-state index in [1.54, 1.807) is 0 Å². The molecule has 0 rings (SSSR count). The molecule has 7 heavy (non-hydrogen) atoms. The van der Waals surface area contributed by atoms with E-state index in [1.807, 2.05) is 6.92 Å². The molecule has 0 radical (unpaired) electrons. The van der Waals surface area contributed by atoms with Crippen molar-refractivity contribution in [3.8, 4) is 0 Å². The van der Waals surface area contributed by atoms with Crippen LogP contribution in [0.25, 0.3) is 0 Å². The fourth-order valence-electron chi connectivity index (χ4n) is 0.205. The van der Waals surface area contributed by atoms with E-state index in [0.29, 0.717) is 12.0 Å². The average molecular weight is 99.1 g/mol. The fraction of sp³-hybridized carbons (Fsp3) is 0.400. The first-order chi connectivity index (χ1) is 3.31. The van der Waals surface area contributed by atoms with Gasteiger partial charge >= 0.3 is 0 Å². The zero-order valence-electron chi connectivity index (χ0n) is 4.35. The molecule has 0 unspecified atom stereocenters. The molecule has 40 valence electrons. The molecule has 2 nitrogen and oxygen atoms in total. The van der Waals surface area contributed by atoms with Crippen molar-refractivity contribution in [3.63, 3.8) is 0 Å². The third-order valence-corrected chi connectivity index (χ3v) is 0.690. The van der Waals surface area contributed by atoms with Crippen LogP contribution in [-0.4, -0.2) is 6.29 Å². The van der Waals surface area contributed by atoms with Gasteiger partial charge in [0, 0.05) is 5.70 Å². The Morgan fingerprint density at radius 1 is 1.86 bits per heavy atom. The minimum atomic E-state index is 0.634. The molecule has 0 spiro atoms. The lowest BCUT2D eigenvalue weighted by Crippen LogP contribution is -1.93. The molecule has 0 aromatic heterocycles. The van der Waals surface area contributed by atoms with Gasteiger partial charge in [-0.15, -0.1) is 0 Å². The molecule has 0 aliphatic rings. The molecule has 0 aromatic carbocycles. The summed E-state index contributed by atoms with van der Waals surface area (Å²) in [5.41, 5.74) is 5.85. The van der Waals surface area contributed by atoms with Crippen molar-refractivity contribution >= 4 is 6.29 Å². The van der Waals surface area contributed by atoms with Crippen molar-refractivity contribution in [1.29, 1.82) is 0 Å². The fourth-order valence-corrected chi connectivity index (χ4v) is 0.205. The summed E-state index contributed by atoms with van der Waals surface area (Å²) in [5.74, 6) is 0. The van der Waals surface area contributed by atoms with E-state index in [-0.39, 0.29) is 0 Å². The molecule has 0 saturated carbocycles. The maximum Gasteiger partial charge on any atom is 0.144 e. The number of aldehydes is 1. The summed E-state index contributed by atoms with van der Waals surface area (Å²) in [6.07, 6.45) is 2.80. The smallest absolute Gasteiger partial charge is 0.144 e. The van der Waals surface area contributed by atoms with Crippen LogP contribution in [0.2, 0.25) is 0 Å². The molecule has 0 heterocycles. The summed E-state index contributed by atoms with van der Waals surface area (Å²) in [6.45, 7) is 1.90. The number of hydrogen-bond acceptors (Lipinski definition) is 2. The van der Waals surface area contributed by atoms with Crippen molar-refractivity contribution in [3.05, 3.63) is 11.8 Å². The number of allylic oxidation sites excluding steroid dienone is 2. The van der Waals surface area contributed by atoms with Crippen LogP contribution in [0, 0.1) is 0 Å². The highest BCUT2D eigenvalue weighted by Gasteiger charge is 1.77. The molecular weight excluding hydrogens is 90.1 g/mol. The zero-order valence-corrected chi connectivity index (χ0v) is 4.35. The molecule has 0 fully saturated rings. The number of rotatable bonds is 2. The lowest BCUT2D eigenvalue weighted by molar-refractivity contribution is -0.104. The molecule has 0 amide bonds. The van der Waals surface area contributed by atoms with Crippen LogP contribution < -0.4 is 5.73 Å². The van der Waals surface area contributed by atoms with E-state index >= 15 is 0 Å². The van der Waals surface area contributed by atoms with Crippen LogP contribution in [0.3, 0.4) is 0 Å². The molecule has 0 saturated heterocycles. The Hall–Kier alpha value is -0.790. The highest BCUT2D eigenvalue weighted by Crippen LogP contribution is 1.84. The number of hydrogen-bond donors (Lipinski definition) is 1. The van der Waals surface area contributed by atoms with Crippen LogP contribution >= 0.6 is 0 Å². The van der Waals surface area contributed by atoms with E-state index in [4.69, 9.17) is 5.73 Å². The monoisotopic (exact) mass is 99.1 g/mol. The minimum absolute atomic E-state index is 0.634. The predicted octanol–water partition coefficient (Wildman–Crippen LogP) is 0.438. The first-order valence-electron chi connectivity index (χ1n) is 2.21. The standard InChI is InChI=1S/C5H9NO/c1-2-5(6)3-4-7/h3-4H,2,6H2,1H3/b5-3-. The lowest BCUT2D eigenvalue weighted by Gasteiger charge is -1.85. The second-order valence-corrected chi connectivity index (χ2v) is 1.23. The Bertz CT molecular complexity index is 86.1. The van der Waals surface area contributed by atoms with E-state index in [2.05, 4.69) is 0 Å². The average Bonchev–Trinajstić information content (AvgIpc) is 1.68. The van der Waals surface area contributed by atoms with Crippen LogP contribution in [0.1, 0.15) is 13.3 Å². The van der Waals surface area contributed by atoms with Gasteiger partial charge in [0.1, 0.15) is 6.29 Å². The third kappa shape index (κ3) is 3.03. The van der Waals surface area contributed by atoms with Gasteiger partial charge in [-0.05, 0) is 12.5 Å². The van der Waals surface area contributed by atoms with Crippen LogP contribution in [0.5, 0.6) is 0 Å². The molecular formula is C5H9NO. The van der Waals surface area contributed by atoms with Gasteiger partial charge in [0.05, 0.1) is 0 Å². The molecule has 0 aliphatic heterocycles. The normalized spacial score (nSPS) is 11.3. The SMILES string of the molecule is CC/C(N)=C/C=O. The number of nitrogens with two attached hydrogens (primary N) is 1. The summed E-state index contributed by atoms with van der Waals surface area (Å²) in [7, 11) is 0. The van der Waals surface area contributed by atoms with Crippen molar-refractivity contribution in [2.45, 2.75) is 13.3 Å². The summed E-state index contributed by atoms with van der Waals surface area (Å²) in [5, 5.41) is 0. The maximum atomic E-state index is 9.62. The highest BCUT2D eigenvalue weighted by atomic mass is 16.1. The first kappa shape index (κ1) is 6.21. The van der Waals surface area contributed by atoms with E-state index in [9.17, 15) is 4.79 Å². The minimum Gasteiger partial charge on any atom is -0.402 e. The molecule has 2 heteroatoms. The number of carbonyl (C=O) groups is 1. The summed E-state index contributed by atoms with van der Waals surface area (Å²) < 4.78 is 0. The van der Waals surface area contributed by atoms with Crippen molar-refractivity contribution in [2.24, 2.45) is 5.73 Å². The Morgan fingerprint density at radius 2 is 2.43 bits per heavy atom. The van der Waals surface area contributed by atoms with Gasteiger partial charge in [-0.2, -0.15) is 0 Å². The van der Waals surface area contributed by atoms with E-state index in [1.165, 1.54) is 6.08 Å². The molecule has 0 bridgehead atoms. The van der Waals surface area contributed by atoms with Crippen molar-refractivity contribution in [2.75, 3.05) is 0 Å². The van der Waals surface area contributed by atoms with Gasteiger partial charge in [0.2, 0.25) is 0 Å². The lowest BCUT2D eigenvalue weighted by atomic mass is 10.3. The largest absolute Gasteiger partial charge is 0.402 e. The molecule has 0 aliphatic carbocycles. The van der Waals surface area contributed by atoms with Crippen molar-refractivity contribution < 1.29 is 4.79 Å². The van der Waals surface area contributed by atoms with Crippen LogP contribution in [0.15, 0.2) is 11.8 Å². The van der Waals surface area contributed by atoms with Gasteiger partial charge in [0.15, 0.2) is 0 Å². The second kappa shape index (κ2) is 3.40. The summed E-state index contributed by atoms with van der Waals surface area (Å²) in [6, 6.07) is 0. The van der Waals surface area contributed by atoms with Gasteiger partial charge in [-0.3, -0.25) is 4.79 Å². The van der Waals surface area contributed by atoms with Crippen molar-refractivity contribution in [1.82, 2.24) is 0 Å². The zero-order chi connectivity index (χ0) is 5.70. The summed E-state index contributed by atoms with van der Waals surface area (Å²) in [4.78, 5) is 9.62. The topological polar surface area (TPSA) is 43.1 Å². The molecule has 0 aromatic rings. The number of carbonyl (C=O) groups excluding carboxylic acids is 1.